The molecule has 1 aliphatic rings. The van der Waals surface area contributed by atoms with Gasteiger partial charge in [-0.05, 0) is 59.0 Å². The molecule has 0 saturated carbocycles. The summed E-state index contributed by atoms with van der Waals surface area (Å²) in [5.41, 5.74) is 1.00. The van der Waals surface area contributed by atoms with Gasteiger partial charge in [0.1, 0.15) is 5.76 Å². The zero-order chi connectivity index (χ0) is 14.5. The van der Waals surface area contributed by atoms with Gasteiger partial charge in [0, 0.05) is 12.6 Å². The lowest BCUT2D eigenvalue weighted by Gasteiger charge is -2.35. The van der Waals surface area contributed by atoms with Crippen molar-refractivity contribution in [1.29, 1.82) is 0 Å². The second-order valence-corrected chi connectivity index (χ2v) is 6.12. The number of likely N-dealkylation sites (tertiary alicyclic amines) is 1. The summed E-state index contributed by atoms with van der Waals surface area (Å²) < 4.78 is 5.63. The van der Waals surface area contributed by atoms with E-state index in [9.17, 15) is 0 Å². The van der Waals surface area contributed by atoms with Crippen molar-refractivity contribution < 1.29 is 4.42 Å². The van der Waals surface area contributed by atoms with Gasteiger partial charge < -0.3 is 14.6 Å². The molecule has 0 spiro atoms. The molecule has 0 amide bonds. The number of piperidine rings is 1. The zero-order valence-electron chi connectivity index (χ0n) is 13.4. The van der Waals surface area contributed by atoms with E-state index < -0.39 is 0 Å². The number of hydrogen-bond acceptors (Lipinski definition) is 4. The van der Waals surface area contributed by atoms with E-state index in [-0.39, 0.29) is 0 Å². The van der Waals surface area contributed by atoms with E-state index in [1.165, 1.54) is 38.9 Å². The molecule has 0 aliphatic carbocycles. The Bertz CT molecular complexity index is 394. The average molecular weight is 279 g/mol. The van der Waals surface area contributed by atoms with Crippen LogP contribution in [0.5, 0.6) is 0 Å². The number of oxazole rings is 1. The first-order valence-corrected chi connectivity index (χ1v) is 7.98. The van der Waals surface area contributed by atoms with Crippen molar-refractivity contribution in [2.75, 3.05) is 19.6 Å². The van der Waals surface area contributed by atoms with Gasteiger partial charge in [-0.2, -0.15) is 0 Å². The fraction of sp³-hybridized carbons (Fsp3) is 0.812. The highest BCUT2D eigenvalue weighted by atomic mass is 16.4. The van der Waals surface area contributed by atoms with Crippen molar-refractivity contribution in [3.8, 4) is 0 Å². The molecule has 1 fully saturated rings. The SMILES string of the molecule is CCCN1CCCC(C(C)NCc2nc(C)c(C)o2)C1. The first-order chi connectivity index (χ1) is 9.60. The lowest BCUT2D eigenvalue weighted by molar-refractivity contribution is 0.149. The summed E-state index contributed by atoms with van der Waals surface area (Å²) in [6.07, 6.45) is 3.91. The topological polar surface area (TPSA) is 41.3 Å². The summed E-state index contributed by atoms with van der Waals surface area (Å²) >= 11 is 0. The van der Waals surface area contributed by atoms with Crippen LogP contribution in [0.1, 0.15) is 50.5 Å². The summed E-state index contributed by atoms with van der Waals surface area (Å²) in [5, 5.41) is 3.59. The fourth-order valence-corrected chi connectivity index (χ4v) is 3.05. The maximum Gasteiger partial charge on any atom is 0.208 e. The fourth-order valence-electron chi connectivity index (χ4n) is 3.05. The Morgan fingerprint density at radius 3 is 2.90 bits per heavy atom. The van der Waals surface area contributed by atoms with Crippen LogP contribution >= 0.6 is 0 Å². The lowest BCUT2D eigenvalue weighted by Crippen LogP contribution is -2.44. The van der Waals surface area contributed by atoms with Crippen molar-refractivity contribution in [2.24, 2.45) is 5.92 Å². The van der Waals surface area contributed by atoms with E-state index in [2.05, 4.69) is 29.0 Å². The monoisotopic (exact) mass is 279 g/mol. The van der Waals surface area contributed by atoms with Gasteiger partial charge in [0.05, 0.1) is 12.2 Å². The molecule has 2 unspecified atom stereocenters. The lowest BCUT2D eigenvalue weighted by atomic mass is 9.91. The van der Waals surface area contributed by atoms with Gasteiger partial charge in [0.25, 0.3) is 0 Å². The van der Waals surface area contributed by atoms with Crippen molar-refractivity contribution in [2.45, 2.75) is 59.5 Å². The van der Waals surface area contributed by atoms with Gasteiger partial charge in [-0.25, -0.2) is 4.98 Å². The van der Waals surface area contributed by atoms with E-state index in [0.717, 1.165) is 29.8 Å². The molecule has 0 radical (unpaired) electrons. The Hall–Kier alpha value is -0.870. The molecule has 0 bridgehead atoms. The number of nitrogens with one attached hydrogen (secondary N) is 1. The van der Waals surface area contributed by atoms with Crippen molar-refractivity contribution in [3.05, 3.63) is 17.3 Å². The minimum atomic E-state index is 0.516. The maximum atomic E-state index is 5.63. The molecular weight excluding hydrogens is 250 g/mol. The molecule has 0 aromatic carbocycles. The number of aromatic nitrogens is 1. The molecule has 2 heterocycles. The summed E-state index contributed by atoms with van der Waals surface area (Å²) in [7, 11) is 0. The molecule has 4 heteroatoms. The molecule has 114 valence electrons. The van der Waals surface area contributed by atoms with Crippen LogP contribution < -0.4 is 5.32 Å². The molecular formula is C16H29N3O. The molecule has 4 nitrogen and oxygen atoms in total. The molecule has 20 heavy (non-hydrogen) atoms. The molecule has 2 atom stereocenters. The zero-order valence-corrected chi connectivity index (χ0v) is 13.4. The van der Waals surface area contributed by atoms with E-state index >= 15 is 0 Å². The van der Waals surface area contributed by atoms with Crippen LogP contribution in [0.25, 0.3) is 0 Å². The van der Waals surface area contributed by atoms with E-state index in [1.807, 2.05) is 13.8 Å². The van der Waals surface area contributed by atoms with Crippen molar-refractivity contribution in [3.63, 3.8) is 0 Å². The summed E-state index contributed by atoms with van der Waals surface area (Å²) in [6.45, 7) is 13.0. The molecule has 1 N–H and O–H groups in total. The van der Waals surface area contributed by atoms with Crippen LogP contribution in [0.2, 0.25) is 0 Å². The Morgan fingerprint density at radius 2 is 2.25 bits per heavy atom. The highest BCUT2D eigenvalue weighted by molar-refractivity contribution is 5.05. The number of aryl methyl sites for hydroxylation is 2. The average Bonchev–Trinajstić information content (AvgIpc) is 2.76. The van der Waals surface area contributed by atoms with Crippen LogP contribution in [-0.2, 0) is 6.54 Å². The number of rotatable bonds is 6. The predicted octanol–water partition coefficient (Wildman–Crippen LogP) is 2.89. The first-order valence-electron chi connectivity index (χ1n) is 7.98. The van der Waals surface area contributed by atoms with Gasteiger partial charge >= 0.3 is 0 Å². The van der Waals surface area contributed by atoms with Crippen molar-refractivity contribution >= 4 is 0 Å². The van der Waals surface area contributed by atoms with Gasteiger partial charge in [0.15, 0.2) is 0 Å². The predicted molar refractivity (Wildman–Crippen MR) is 81.7 cm³/mol. The van der Waals surface area contributed by atoms with Crippen LogP contribution in [0, 0.1) is 19.8 Å². The van der Waals surface area contributed by atoms with E-state index in [4.69, 9.17) is 4.42 Å². The van der Waals surface area contributed by atoms with Gasteiger partial charge in [-0.15, -0.1) is 0 Å². The van der Waals surface area contributed by atoms with E-state index in [1.54, 1.807) is 0 Å². The molecule has 1 saturated heterocycles. The quantitative estimate of drug-likeness (QED) is 0.869. The third-order valence-corrected chi connectivity index (χ3v) is 4.44. The molecule has 1 aromatic heterocycles. The van der Waals surface area contributed by atoms with E-state index in [0.29, 0.717) is 6.04 Å². The second-order valence-electron chi connectivity index (χ2n) is 6.12. The normalized spacial score (nSPS) is 22.1. The standard InChI is InChI=1S/C16H29N3O/c1-5-8-19-9-6-7-15(11-19)13(3)17-10-16-18-12(2)14(4)20-16/h13,15,17H,5-11H2,1-4H3. The van der Waals surface area contributed by atoms with Crippen LogP contribution in [0.15, 0.2) is 4.42 Å². The van der Waals surface area contributed by atoms with Crippen LogP contribution in [0.4, 0.5) is 0 Å². The van der Waals surface area contributed by atoms with Gasteiger partial charge in [-0.3, -0.25) is 0 Å². The second kappa shape index (κ2) is 7.23. The van der Waals surface area contributed by atoms with Crippen molar-refractivity contribution in [1.82, 2.24) is 15.2 Å². The minimum absolute atomic E-state index is 0.516. The molecule has 1 aromatic rings. The third kappa shape index (κ3) is 4.06. The Labute approximate surface area is 122 Å². The Morgan fingerprint density at radius 1 is 1.45 bits per heavy atom. The summed E-state index contributed by atoms with van der Waals surface area (Å²) in [4.78, 5) is 7.04. The third-order valence-electron chi connectivity index (χ3n) is 4.44. The Kier molecular flexibility index (Phi) is 5.61. The largest absolute Gasteiger partial charge is 0.444 e. The smallest absolute Gasteiger partial charge is 0.208 e. The van der Waals surface area contributed by atoms with Gasteiger partial charge in [0.2, 0.25) is 5.89 Å². The molecule has 1 aliphatic heterocycles. The maximum absolute atomic E-state index is 5.63. The Balaban J connectivity index is 1.80. The number of nitrogens with zero attached hydrogens (tertiary/aromatic N) is 2. The molecule has 2 rings (SSSR count). The highest BCUT2D eigenvalue weighted by Crippen LogP contribution is 2.20. The van der Waals surface area contributed by atoms with Gasteiger partial charge in [-0.1, -0.05) is 6.92 Å². The summed E-state index contributed by atoms with van der Waals surface area (Å²) in [5.74, 6) is 2.49. The highest BCUT2D eigenvalue weighted by Gasteiger charge is 2.24. The number of hydrogen-bond donors (Lipinski definition) is 1. The first kappa shape index (κ1) is 15.5. The minimum Gasteiger partial charge on any atom is -0.444 e. The van der Waals surface area contributed by atoms with Crippen LogP contribution in [0.3, 0.4) is 0 Å². The van der Waals surface area contributed by atoms with Crippen LogP contribution in [-0.4, -0.2) is 35.6 Å². The summed E-state index contributed by atoms with van der Waals surface area (Å²) in [6, 6.07) is 0.516.